The summed E-state index contributed by atoms with van der Waals surface area (Å²) in [4.78, 5) is 0. The summed E-state index contributed by atoms with van der Waals surface area (Å²) in [6, 6.07) is 0. The summed E-state index contributed by atoms with van der Waals surface area (Å²) < 4.78 is 1.99. The number of hydrogen-bond acceptors (Lipinski definition) is 0. The van der Waals surface area contributed by atoms with Gasteiger partial charge in [-0.15, -0.1) is 0 Å². The molecule has 44 valence electrons. The highest BCUT2D eigenvalue weighted by molar-refractivity contribution is 14.1. The standard InChI is InChI=1S/C6H6BrI/c7-5-2-1-3-6(8)4-5/h1-3,6H,4H2. The molecular formula is C6H6BrI. The van der Waals surface area contributed by atoms with Gasteiger partial charge in [-0.3, -0.25) is 0 Å². The number of rotatable bonds is 0. The molecule has 0 aromatic heterocycles. The van der Waals surface area contributed by atoms with E-state index in [2.05, 4.69) is 56.7 Å². The first-order chi connectivity index (χ1) is 3.79. The molecule has 0 spiro atoms. The second kappa shape index (κ2) is 3.01. The van der Waals surface area contributed by atoms with Crippen LogP contribution in [-0.2, 0) is 0 Å². The van der Waals surface area contributed by atoms with Crippen LogP contribution in [0, 0.1) is 0 Å². The lowest BCUT2D eigenvalue weighted by Gasteiger charge is -2.05. The minimum atomic E-state index is 0.687. The van der Waals surface area contributed by atoms with Gasteiger partial charge in [0.25, 0.3) is 0 Å². The van der Waals surface area contributed by atoms with Crippen molar-refractivity contribution in [3.8, 4) is 0 Å². The Morgan fingerprint density at radius 2 is 2.50 bits per heavy atom. The van der Waals surface area contributed by atoms with Crippen molar-refractivity contribution in [2.75, 3.05) is 0 Å². The summed E-state index contributed by atoms with van der Waals surface area (Å²) in [6.45, 7) is 0. The summed E-state index contributed by atoms with van der Waals surface area (Å²) in [7, 11) is 0. The van der Waals surface area contributed by atoms with Crippen LogP contribution in [-0.4, -0.2) is 3.92 Å². The molecule has 0 saturated carbocycles. The normalized spacial score (nSPS) is 27.8. The van der Waals surface area contributed by atoms with Gasteiger partial charge in [-0.2, -0.15) is 0 Å². The van der Waals surface area contributed by atoms with E-state index in [1.54, 1.807) is 0 Å². The van der Waals surface area contributed by atoms with Crippen molar-refractivity contribution in [2.24, 2.45) is 0 Å². The van der Waals surface area contributed by atoms with E-state index in [1.165, 1.54) is 4.48 Å². The Labute approximate surface area is 71.3 Å². The van der Waals surface area contributed by atoms with Gasteiger partial charge in [-0.05, 0) is 10.9 Å². The minimum absolute atomic E-state index is 0.687. The Morgan fingerprint density at radius 3 is 2.88 bits per heavy atom. The maximum Gasteiger partial charge on any atom is 0.0337 e. The van der Waals surface area contributed by atoms with Crippen LogP contribution in [0.4, 0.5) is 0 Å². The molecule has 0 heterocycles. The second-order valence-corrected chi connectivity index (χ2v) is 4.34. The quantitative estimate of drug-likeness (QED) is 0.474. The van der Waals surface area contributed by atoms with Gasteiger partial charge >= 0.3 is 0 Å². The van der Waals surface area contributed by atoms with Crippen molar-refractivity contribution in [1.82, 2.24) is 0 Å². The Kier molecular flexibility index (Phi) is 2.56. The van der Waals surface area contributed by atoms with Crippen molar-refractivity contribution in [1.29, 1.82) is 0 Å². The molecule has 1 aliphatic carbocycles. The van der Waals surface area contributed by atoms with Crippen molar-refractivity contribution in [2.45, 2.75) is 10.3 Å². The van der Waals surface area contributed by atoms with Crippen LogP contribution in [0.1, 0.15) is 6.42 Å². The average molecular weight is 285 g/mol. The van der Waals surface area contributed by atoms with E-state index in [9.17, 15) is 0 Å². The highest BCUT2D eigenvalue weighted by Gasteiger charge is 2.03. The van der Waals surface area contributed by atoms with Gasteiger partial charge in [-0.25, -0.2) is 0 Å². The van der Waals surface area contributed by atoms with Gasteiger partial charge in [0, 0.05) is 3.92 Å². The topological polar surface area (TPSA) is 0 Å². The molecule has 0 aromatic rings. The van der Waals surface area contributed by atoms with Crippen LogP contribution in [0.5, 0.6) is 0 Å². The molecule has 0 bridgehead atoms. The van der Waals surface area contributed by atoms with Crippen molar-refractivity contribution in [3.05, 3.63) is 22.7 Å². The molecule has 0 aliphatic heterocycles. The van der Waals surface area contributed by atoms with Crippen LogP contribution in [0.25, 0.3) is 0 Å². The fraction of sp³-hybridized carbons (Fsp3) is 0.333. The molecule has 0 radical (unpaired) electrons. The fourth-order valence-corrected chi connectivity index (χ4v) is 2.42. The summed E-state index contributed by atoms with van der Waals surface area (Å²) in [5, 5.41) is 0. The predicted octanol–water partition coefficient (Wildman–Crippen LogP) is 3.03. The first kappa shape index (κ1) is 6.81. The highest BCUT2D eigenvalue weighted by Crippen LogP contribution is 2.22. The van der Waals surface area contributed by atoms with Gasteiger partial charge in [0.05, 0.1) is 0 Å². The van der Waals surface area contributed by atoms with Gasteiger partial charge in [0.2, 0.25) is 0 Å². The number of halogens is 2. The zero-order valence-electron chi connectivity index (χ0n) is 4.27. The molecule has 1 rings (SSSR count). The summed E-state index contributed by atoms with van der Waals surface area (Å²) in [5.74, 6) is 0. The molecule has 8 heavy (non-hydrogen) atoms. The lowest BCUT2D eigenvalue weighted by Crippen LogP contribution is -1.94. The zero-order chi connectivity index (χ0) is 5.98. The first-order valence-corrected chi connectivity index (χ1v) is 4.50. The van der Waals surface area contributed by atoms with Gasteiger partial charge in [0.15, 0.2) is 0 Å². The van der Waals surface area contributed by atoms with Gasteiger partial charge < -0.3 is 0 Å². The van der Waals surface area contributed by atoms with Crippen molar-refractivity contribution >= 4 is 38.5 Å². The number of allylic oxidation sites excluding steroid dienone is 4. The molecule has 0 fully saturated rings. The van der Waals surface area contributed by atoms with E-state index in [1.807, 2.05) is 0 Å². The van der Waals surface area contributed by atoms with Crippen LogP contribution < -0.4 is 0 Å². The predicted molar refractivity (Wildman–Crippen MR) is 48.6 cm³/mol. The van der Waals surface area contributed by atoms with Crippen LogP contribution in [0.15, 0.2) is 22.7 Å². The summed E-state index contributed by atoms with van der Waals surface area (Å²) in [5.41, 5.74) is 0. The Balaban J connectivity index is 2.59. The Bertz CT molecular complexity index is 137. The van der Waals surface area contributed by atoms with Crippen LogP contribution >= 0.6 is 38.5 Å². The van der Waals surface area contributed by atoms with E-state index < -0.39 is 0 Å². The molecule has 0 saturated heterocycles. The van der Waals surface area contributed by atoms with E-state index in [4.69, 9.17) is 0 Å². The molecule has 0 nitrogen and oxygen atoms in total. The molecular weight excluding hydrogens is 279 g/mol. The maximum absolute atomic E-state index is 3.43. The lowest BCUT2D eigenvalue weighted by atomic mass is 10.2. The molecule has 1 atom stereocenters. The lowest BCUT2D eigenvalue weighted by molar-refractivity contribution is 1.08. The third-order valence-electron chi connectivity index (χ3n) is 0.987. The molecule has 0 N–H and O–H groups in total. The first-order valence-electron chi connectivity index (χ1n) is 2.46. The van der Waals surface area contributed by atoms with Gasteiger partial charge in [0.1, 0.15) is 0 Å². The Morgan fingerprint density at radius 1 is 1.75 bits per heavy atom. The monoisotopic (exact) mass is 284 g/mol. The van der Waals surface area contributed by atoms with E-state index in [0.717, 1.165) is 6.42 Å². The van der Waals surface area contributed by atoms with E-state index in [0.29, 0.717) is 3.92 Å². The van der Waals surface area contributed by atoms with E-state index >= 15 is 0 Å². The SMILES string of the molecule is BrC1=CC=CC(I)C1. The maximum atomic E-state index is 3.43. The van der Waals surface area contributed by atoms with Crippen LogP contribution in [0.3, 0.4) is 0 Å². The molecule has 0 amide bonds. The molecule has 1 unspecified atom stereocenters. The minimum Gasteiger partial charge on any atom is -0.0777 e. The number of alkyl halides is 1. The molecule has 2 heteroatoms. The second-order valence-electron chi connectivity index (χ2n) is 1.72. The number of hydrogen-bond donors (Lipinski definition) is 0. The average Bonchev–Trinajstić information content (AvgIpc) is 1.64. The molecule has 1 aliphatic rings. The summed E-state index contributed by atoms with van der Waals surface area (Å²) >= 11 is 5.85. The van der Waals surface area contributed by atoms with Crippen molar-refractivity contribution < 1.29 is 0 Å². The van der Waals surface area contributed by atoms with Crippen LogP contribution in [0.2, 0.25) is 0 Å². The Hall–Kier alpha value is 0.690. The fourth-order valence-electron chi connectivity index (χ4n) is 0.603. The summed E-state index contributed by atoms with van der Waals surface area (Å²) in [6.07, 6.45) is 7.53. The third-order valence-corrected chi connectivity index (χ3v) is 2.43. The third kappa shape index (κ3) is 1.90. The van der Waals surface area contributed by atoms with E-state index in [-0.39, 0.29) is 0 Å². The molecule has 0 aromatic carbocycles. The smallest absolute Gasteiger partial charge is 0.0337 e. The van der Waals surface area contributed by atoms with Crippen molar-refractivity contribution in [3.63, 3.8) is 0 Å². The largest absolute Gasteiger partial charge is 0.0777 e. The van der Waals surface area contributed by atoms with Gasteiger partial charge in [-0.1, -0.05) is 56.7 Å². The highest BCUT2D eigenvalue weighted by atomic mass is 127. The zero-order valence-corrected chi connectivity index (χ0v) is 8.02.